The topological polar surface area (TPSA) is 114 Å². The van der Waals surface area contributed by atoms with Gasteiger partial charge in [0.15, 0.2) is 6.10 Å². The number of fused-ring (bicyclic) bond motifs is 3. The van der Waals surface area contributed by atoms with Gasteiger partial charge >= 0.3 is 12.1 Å². The number of carbonyl (C=O) groups excluding carboxylic acids is 2. The summed E-state index contributed by atoms with van der Waals surface area (Å²) in [5.41, 5.74) is 4.64. The molecule has 2 aliphatic rings. The van der Waals surface area contributed by atoms with Crippen LogP contribution in [0.3, 0.4) is 0 Å². The summed E-state index contributed by atoms with van der Waals surface area (Å²) in [5.74, 6) is -1.81. The molecule has 0 radical (unpaired) electrons. The van der Waals surface area contributed by atoms with Crippen molar-refractivity contribution in [2.24, 2.45) is 11.3 Å². The minimum atomic E-state index is -1.13. The van der Waals surface area contributed by atoms with Gasteiger partial charge in [0, 0.05) is 5.92 Å². The molecule has 1 unspecified atom stereocenters. The van der Waals surface area contributed by atoms with Gasteiger partial charge in [0.05, 0.1) is 11.0 Å². The van der Waals surface area contributed by atoms with Crippen molar-refractivity contribution in [3.63, 3.8) is 0 Å². The van der Waals surface area contributed by atoms with Crippen molar-refractivity contribution in [1.82, 2.24) is 10.8 Å². The molecular formula is C27H32N2O6. The molecule has 8 heteroatoms. The van der Waals surface area contributed by atoms with Crippen LogP contribution in [0.5, 0.6) is 0 Å². The van der Waals surface area contributed by atoms with Crippen molar-refractivity contribution in [1.29, 1.82) is 0 Å². The molecule has 0 saturated heterocycles. The lowest BCUT2D eigenvalue weighted by Crippen LogP contribution is -2.60. The Morgan fingerprint density at radius 1 is 0.971 bits per heavy atom. The molecule has 0 bridgehead atoms. The molecule has 2 aliphatic carbocycles. The summed E-state index contributed by atoms with van der Waals surface area (Å²) in [6.45, 7) is 6.89. The zero-order valence-corrected chi connectivity index (χ0v) is 20.5. The van der Waals surface area contributed by atoms with Crippen LogP contribution in [0, 0.1) is 11.3 Å². The lowest BCUT2D eigenvalue weighted by Gasteiger charge is -2.40. The molecule has 2 amide bonds. The first-order chi connectivity index (χ1) is 16.5. The fraction of sp³-hybridized carbons (Fsp3) is 0.444. The molecule has 2 aromatic rings. The number of carboxylic acid groups (broad SMARTS) is 1. The number of amides is 2. The fourth-order valence-corrected chi connectivity index (χ4v) is 4.32. The summed E-state index contributed by atoms with van der Waals surface area (Å²) < 4.78 is 5.63. The molecule has 1 atom stereocenters. The second-order valence-corrected chi connectivity index (χ2v) is 10.3. The molecule has 0 spiro atoms. The van der Waals surface area contributed by atoms with Gasteiger partial charge in [-0.15, -0.1) is 0 Å². The molecule has 4 rings (SSSR count). The minimum absolute atomic E-state index is 0.0728. The Kier molecular flexibility index (Phi) is 6.60. The van der Waals surface area contributed by atoms with E-state index in [0.717, 1.165) is 35.1 Å². The molecule has 186 valence electrons. The van der Waals surface area contributed by atoms with Gasteiger partial charge in [-0.1, -0.05) is 48.5 Å². The highest BCUT2D eigenvalue weighted by Gasteiger charge is 2.46. The smallest absolute Gasteiger partial charge is 0.407 e. The monoisotopic (exact) mass is 480 g/mol. The first kappa shape index (κ1) is 24.7. The highest BCUT2D eigenvalue weighted by atomic mass is 16.7. The average Bonchev–Trinajstić information content (AvgIpc) is 3.59. The molecule has 1 fully saturated rings. The van der Waals surface area contributed by atoms with E-state index in [2.05, 4.69) is 22.9 Å². The second-order valence-electron chi connectivity index (χ2n) is 10.3. The van der Waals surface area contributed by atoms with Crippen molar-refractivity contribution >= 4 is 18.0 Å². The normalized spacial score (nSPS) is 16.1. The number of aliphatic carboxylic acids is 1. The van der Waals surface area contributed by atoms with Gasteiger partial charge in [0.1, 0.15) is 6.61 Å². The van der Waals surface area contributed by atoms with Crippen LogP contribution in [0.2, 0.25) is 0 Å². The zero-order chi connectivity index (χ0) is 25.4. The number of rotatable bonds is 9. The number of nitrogens with one attached hydrogen (secondary N) is 2. The third-order valence-electron chi connectivity index (χ3n) is 7.46. The van der Waals surface area contributed by atoms with Gasteiger partial charge in [-0.25, -0.2) is 15.1 Å². The SMILES string of the molecule is CC(C)(NC(=O)OCC1c2ccccc2-c2ccccc21)C(C)(C)C(=O)NOC(C(=O)O)C1CC1. The Hall–Kier alpha value is -3.39. The highest BCUT2D eigenvalue weighted by molar-refractivity contribution is 5.84. The number of alkyl carbamates (subject to hydrolysis) is 1. The molecule has 1 saturated carbocycles. The molecule has 0 aromatic heterocycles. The van der Waals surface area contributed by atoms with Crippen molar-refractivity contribution in [2.45, 2.75) is 58.1 Å². The van der Waals surface area contributed by atoms with E-state index < -0.39 is 35.0 Å². The number of hydroxylamine groups is 1. The summed E-state index contributed by atoms with van der Waals surface area (Å²) in [5, 5.41) is 12.1. The quantitative estimate of drug-likeness (QED) is 0.463. The number of carboxylic acids is 1. The molecule has 35 heavy (non-hydrogen) atoms. The van der Waals surface area contributed by atoms with E-state index in [1.165, 1.54) is 0 Å². The maximum absolute atomic E-state index is 12.9. The predicted molar refractivity (Wildman–Crippen MR) is 129 cm³/mol. The van der Waals surface area contributed by atoms with Crippen LogP contribution in [0.25, 0.3) is 11.1 Å². The molecule has 3 N–H and O–H groups in total. The largest absolute Gasteiger partial charge is 0.479 e. The van der Waals surface area contributed by atoms with Gasteiger partial charge < -0.3 is 15.2 Å². The van der Waals surface area contributed by atoms with E-state index in [-0.39, 0.29) is 18.4 Å². The van der Waals surface area contributed by atoms with Crippen molar-refractivity contribution < 1.29 is 29.1 Å². The highest BCUT2D eigenvalue weighted by Crippen LogP contribution is 2.44. The number of carbonyl (C=O) groups is 3. The maximum Gasteiger partial charge on any atom is 0.407 e. The molecule has 0 heterocycles. The molecule has 0 aliphatic heterocycles. The predicted octanol–water partition coefficient (Wildman–Crippen LogP) is 4.24. The summed E-state index contributed by atoms with van der Waals surface area (Å²) in [6.07, 6.45) is -0.205. The van der Waals surface area contributed by atoms with Crippen LogP contribution < -0.4 is 10.8 Å². The Morgan fingerprint density at radius 2 is 1.51 bits per heavy atom. The standard InChI is InChI=1S/C27H32N2O6/c1-26(2,24(32)29-35-22(23(30)31)16-13-14-16)27(3,4)28-25(33)34-15-21-19-11-7-5-9-17(19)18-10-6-8-12-20(18)21/h5-12,16,21-22H,13-15H2,1-4H3,(H,28,33)(H,29,32)(H,30,31). The van der Waals surface area contributed by atoms with Crippen LogP contribution in [-0.4, -0.2) is 41.3 Å². The Labute approximate surface area is 205 Å². The van der Waals surface area contributed by atoms with E-state index in [9.17, 15) is 19.5 Å². The molecule has 2 aromatic carbocycles. The first-order valence-corrected chi connectivity index (χ1v) is 11.8. The fourth-order valence-electron chi connectivity index (χ4n) is 4.32. The number of ether oxygens (including phenoxy) is 1. The van der Waals surface area contributed by atoms with Gasteiger partial charge in [-0.05, 0) is 68.7 Å². The van der Waals surface area contributed by atoms with Gasteiger partial charge in [-0.3, -0.25) is 9.63 Å². The first-order valence-electron chi connectivity index (χ1n) is 11.8. The van der Waals surface area contributed by atoms with Gasteiger partial charge in [-0.2, -0.15) is 0 Å². The lowest BCUT2D eigenvalue weighted by atomic mass is 9.74. The maximum atomic E-state index is 12.9. The van der Waals surface area contributed by atoms with E-state index in [1.807, 2.05) is 36.4 Å². The molecule has 8 nitrogen and oxygen atoms in total. The Bertz CT molecular complexity index is 1090. The van der Waals surface area contributed by atoms with E-state index in [1.54, 1.807) is 27.7 Å². The van der Waals surface area contributed by atoms with Crippen LogP contribution in [0.1, 0.15) is 57.6 Å². The summed E-state index contributed by atoms with van der Waals surface area (Å²) in [7, 11) is 0. The van der Waals surface area contributed by atoms with Gasteiger partial charge in [0.2, 0.25) is 0 Å². The molecular weight excluding hydrogens is 448 g/mol. The van der Waals surface area contributed by atoms with Crippen LogP contribution in [0.4, 0.5) is 4.79 Å². The van der Waals surface area contributed by atoms with Gasteiger partial charge in [0.25, 0.3) is 5.91 Å². The number of hydrogen-bond donors (Lipinski definition) is 3. The zero-order valence-electron chi connectivity index (χ0n) is 20.5. The summed E-state index contributed by atoms with van der Waals surface area (Å²) in [6, 6.07) is 16.2. The average molecular weight is 481 g/mol. The van der Waals surface area contributed by atoms with E-state index in [0.29, 0.717) is 0 Å². The second kappa shape index (κ2) is 9.34. The number of hydrogen-bond acceptors (Lipinski definition) is 5. The van der Waals surface area contributed by atoms with Crippen molar-refractivity contribution in [2.75, 3.05) is 6.61 Å². The summed E-state index contributed by atoms with van der Waals surface area (Å²) in [4.78, 5) is 42.3. The van der Waals surface area contributed by atoms with Crippen LogP contribution >= 0.6 is 0 Å². The van der Waals surface area contributed by atoms with Crippen LogP contribution in [0.15, 0.2) is 48.5 Å². The third kappa shape index (κ3) is 4.89. The van der Waals surface area contributed by atoms with Crippen molar-refractivity contribution in [3.05, 3.63) is 59.7 Å². The van der Waals surface area contributed by atoms with Crippen molar-refractivity contribution in [3.8, 4) is 11.1 Å². The lowest BCUT2D eigenvalue weighted by molar-refractivity contribution is -0.167. The van der Waals surface area contributed by atoms with E-state index in [4.69, 9.17) is 9.57 Å². The Balaban J connectivity index is 1.37. The summed E-state index contributed by atoms with van der Waals surface area (Å²) >= 11 is 0. The minimum Gasteiger partial charge on any atom is -0.479 e. The number of benzene rings is 2. The van der Waals surface area contributed by atoms with E-state index >= 15 is 0 Å². The Morgan fingerprint density at radius 3 is 2.03 bits per heavy atom. The van der Waals surface area contributed by atoms with Crippen LogP contribution in [-0.2, 0) is 19.2 Å². The third-order valence-corrected chi connectivity index (χ3v) is 7.46.